The van der Waals surface area contributed by atoms with Gasteiger partial charge in [0.15, 0.2) is 0 Å². The van der Waals surface area contributed by atoms with Gasteiger partial charge in [-0.15, -0.1) is 0 Å². The van der Waals surface area contributed by atoms with Gasteiger partial charge in [0.25, 0.3) is 5.91 Å². The number of rotatable bonds is 4. The van der Waals surface area contributed by atoms with Crippen molar-refractivity contribution >= 4 is 11.6 Å². The zero-order chi connectivity index (χ0) is 13.0. The Balaban J connectivity index is 2.11. The molecule has 1 aromatic heterocycles. The summed E-state index contributed by atoms with van der Waals surface area (Å²) in [7, 11) is 1.57. The maximum Gasteiger partial charge on any atom is 0.253 e. The molecule has 1 amide bonds. The maximum absolute atomic E-state index is 13.5. The molecule has 2 N–H and O–H groups in total. The molecular formula is C13H13FN2O2. The molecule has 2 aromatic rings. The summed E-state index contributed by atoms with van der Waals surface area (Å²) in [5.74, 6) is -0.784. The topological polar surface area (TPSA) is 54.3 Å². The van der Waals surface area contributed by atoms with E-state index in [1.807, 2.05) is 0 Å². The molecule has 1 heterocycles. The maximum atomic E-state index is 13.5. The lowest BCUT2D eigenvalue weighted by atomic mass is 10.1. The Kier molecular flexibility index (Phi) is 3.62. The first kappa shape index (κ1) is 12.2. The van der Waals surface area contributed by atoms with Gasteiger partial charge in [0.2, 0.25) is 0 Å². The molecule has 0 aliphatic carbocycles. The van der Waals surface area contributed by atoms with Crippen LogP contribution < -0.4 is 10.6 Å². The lowest BCUT2D eigenvalue weighted by Gasteiger charge is -2.09. The first-order valence-corrected chi connectivity index (χ1v) is 5.48. The predicted octanol–water partition coefficient (Wildman–Crippen LogP) is 2.39. The van der Waals surface area contributed by atoms with E-state index >= 15 is 0 Å². The Morgan fingerprint density at radius 1 is 1.39 bits per heavy atom. The second-order valence-electron chi connectivity index (χ2n) is 3.73. The smallest absolute Gasteiger partial charge is 0.253 e. The van der Waals surface area contributed by atoms with Crippen LogP contribution in [0.15, 0.2) is 41.2 Å². The average molecular weight is 248 g/mol. The number of halogens is 1. The average Bonchev–Trinajstić information content (AvgIpc) is 2.88. The van der Waals surface area contributed by atoms with Crippen LogP contribution in [0.5, 0.6) is 0 Å². The van der Waals surface area contributed by atoms with Crippen LogP contribution in [-0.2, 0) is 6.54 Å². The number of hydrogen-bond donors (Lipinski definition) is 2. The van der Waals surface area contributed by atoms with Gasteiger partial charge in [-0.05, 0) is 18.2 Å². The van der Waals surface area contributed by atoms with Crippen molar-refractivity contribution in [3.05, 3.63) is 53.7 Å². The second-order valence-corrected chi connectivity index (χ2v) is 3.73. The van der Waals surface area contributed by atoms with Gasteiger partial charge in [-0.25, -0.2) is 4.39 Å². The van der Waals surface area contributed by atoms with Crippen LogP contribution in [0.25, 0.3) is 0 Å². The molecule has 4 nitrogen and oxygen atoms in total. The van der Waals surface area contributed by atoms with Crippen LogP contribution in [0.3, 0.4) is 0 Å². The van der Waals surface area contributed by atoms with E-state index in [1.54, 1.807) is 25.4 Å². The van der Waals surface area contributed by atoms with Gasteiger partial charge in [-0.1, -0.05) is 6.07 Å². The molecule has 0 bridgehead atoms. The van der Waals surface area contributed by atoms with Crippen LogP contribution in [0.2, 0.25) is 0 Å². The standard InChI is InChI=1S/C13H13FN2O2/c1-15-12-10(3-2-4-11(12)14)13(17)16-7-9-5-6-18-8-9/h2-6,8,15H,7H2,1H3,(H,16,17). The second kappa shape index (κ2) is 5.35. The van der Waals surface area contributed by atoms with Crippen LogP contribution >= 0.6 is 0 Å². The number of nitrogens with one attached hydrogen (secondary N) is 2. The fraction of sp³-hybridized carbons (Fsp3) is 0.154. The van der Waals surface area contributed by atoms with Crippen molar-refractivity contribution < 1.29 is 13.6 Å². The third-order valence-corrected chi connectivity index (χ3v) is 2.54. The minimum atomic E-state index is -0.450. The summed E-state index contributed by atoms with van der Waals surface area (Å²) in [5, 5.41) is 5.38. The highest BCUT2D eigenvalue weighted by molar-refractivity contribution is 5.99. The first-order valence-electron chi connectivity index (χ1n) is 5.48. The quantitative estimate of drug-likeness (QED) is 0.873. The number of carbonyl (C=O) groups excluding carboxylic acids is 1. The van der Waals surface area contributed by atoms with E-state index in [2.05, 4.69) is 10.6 Å². The first-order chi connectivity index (χ1) is 8.72. The van der Waals surface area contributed by atoms with Gasteiger partial charge in [0.05, 0.1) is 23.8 Å². The van der Waals surface area contributed by atoms with E-state index in [-0.39, 0.29) is 17.2 Å². The fourth-order valence-electron chi connectivity index (χ4n) is 1.64. The van der Waals surface area contributed by atoms with E-state index in [9.17, 15) is 9.18 Å². The van der Waals surface area contributed by atoms with Crippen molar-refractivity contribution in [2.24, 2.45) is 0 Å². The highest BCUT2D eigenvalue weighted by Crippen LogP contribution is 2.19. The Labute approximate surface area is 104 Å². The molecule has 0 spiro atoms. The number of furan rings is 1. The van der Waals surface area contributed by atoms with Gasteiger partial charge >= 0.3 is 0 Å². The Morgan fingerprint density at radius 3 is 2.89 bits per heavy atom. The third kappa shape index (κ3) is 2.51. The zero-order valence-corrected chi connectivity index (χ0v) is 9.87. The number of hydrogen-bond acceptors (Lipinski definition) is 3. The van der Waals surface area contributed by atoms with E-state index < -0.39 is 5.82 Å². The van der Waals surface area contributed by atoms with Crippen LogP contribution in [0.1, 0.15) is 15.9 Å². The summed E-state index contributed by atoms with van der Waals surface area (Å²) >= 11 is 0. The van der Waals surface area contributed by atoms with Crippen molar-refractivity contribution in [3.63, 3.8) is 0 Å². The zero-order valence-electron chi connectivity index (χ0n) is 9.87. The van der Waals surface area contributed by atoms with Crippen molar-refractivity contribution in [1.82, 2.24) is 5.32 Å². The summed E-state index contributed by atoms with van der Waals surface area (Å²) < 4.78 is 18.4. The summed E-state index contributed by atoms with van der Waals surface area (Å²) in [6, 6.07) is 6.13. The molecule has 0 atom stereocenters. The van der Waals surface area contributed by atoms with Gasteiger partial charge in [-0.2, -0.15) is 0 Å². The Morgan fingerprint density at radius 2 is 2.22 bits per heavy atom. The van der Waals surface area contributed by atoms with Gasteiger partial charge < -0.3 is 15.1 Å². The van der Waals surface area contributed by atoms with Gasteiger partial charge in [0, 0.05) is 19.2 Å². The normalized spacial score (nSPS) is 10.1. The van der Waals surface area contributed by atoms with Crippen LogP contribution in [-0.4, -0.2) is 13.0 Å². The molecule has 0 aliphatic heterocycles. The molecule has 1 aromatic carbocycles. The number of para-hydroxylation sites is 1. The highest BCUT2D eigenvalue weighted by Gasteiger charge is 2.13. The molecule has 18 heavy (non-hydrogen) atoms. The van der Waals surface area contributed by atoms with E-state index in [1.165, 1.54) is 18.4 Å². The summed E-state index contributed by atoms with van der Waals surface area (Å²) in [4.78, 5) is 11.9. The molecule has 5 heteroatoms. The molecule has 0 saturated heterocycles. The van der Waals surface area contributed by atoms with Crippen LogP contribution in [0.4, 0.5) is 10.1 Å². The molecule has 2 rings (SSSR count). The number of amides is 1. The molecule has 0 saturated carbocycles. The number of carbonyl (C=O) groups is 1. The Hall–Kier alpha value is -2.30. The monoisotopic (exact) mass is 248 g/mol. The summed E-state index contributed by atoms with van der Waals surface area (Å²) in [5.41, 5.74) is 1.33. The molecular weight excluding hydrogens is 235 g/mol. The van der Waals surface area contributed by atoms with E-state index in [4.69, 9.17) is 4.42 Å². The lowest BCUT2D eigenvalue weighted by molar-refractivity contribution is 0.0951. The fourth-order valence-corrected chi connectivity index (χ4v) is 1.64. The van der Waals surface area contributed by atoms with Crippen molar-refractivity contribution in [3.8, 4) is 0 Å². The minimum Gasteiger partial charge on any atom is -0.472 e. The summed E-state index contributed by atoms with van der Waals surface area (Å²) in [6.45, 7) is 0.342. The van der Waals surface area contributed by atoms with Gasteiger partial charge in [-0.3, -0.25) is 4.79 Å². The number of anilines is 1. The summed E-state index contributed by atoms with van der Waals surface area (Å²) in [6.07, 6.45) is 3.08. The van der Waals surface area contributed by atoms with Crippen molar-refractivity contribution in [2.75, 3.05) is 12.4 Å². The van der Waals surface area contributed by atoms with Gasteiger partial charge in [0.1, 0.15) is 5.82 Å². The van der Waals surface area contributed by atoms with Crippen molar-refractivity contribution in [2.45, 2.75) is 6.54 Å². The molecule has 0 radical (unpaired) electrons. The Bertz CT molecular complexity index is 538. The molecule has 0 fully saturated rings. The largest absolute Gasteiger partial charge is 0.472 e. The van der Waals surface area contributed by atoms with E-state index in [0.717, 1.165) is 5.56 Å². The van der Waals surface area contributed by atoms with Crippen LogP contribution in [0, 0.1) is 5.82 Å². The SMILES string of the molecule is CNc1c(F)cccc1C(=O)NCc1ccoc1. The number of benzene rings is 1. The van der Waals surface area contributed by atoms with Crippen molar-refractivity contribution in [1.29, 1.82) is 0 Å². The molecule has 0 unspecified atom stereocenters. The van der Waals surface area contributed by atoms with E-state index in [0.29, 0.717) is 6.54 Å². The predicted molar refractivity (Wildman–Crippen MR) is 65.8 cm³/mol. The highest BCUT2D eigenvalue weighted by atomic mass is 19.1. The minimum absolute atomic E-state index is 0.196. The lowest BCUT2D eigenvalue weighted by Crippen LogP contribution is -2.23. The molecule has 0 aliphatic rings. The third-order valence-electron chi connectivity index (χ3n) is 2.54. The molecule has 94 valence electrons.